The summed E-state index contributed by atoms with van der Waals surface area (Å²) in [5, 5.41) is 10.4. The number of pyridine rings is 1. The van der Waals surface area contributed by atoms with Gasteiger partial charge in [-0.2, -0.15) is 9.37 Å². The second kappa shape index (κ2) is 5.22. The molecule has 0 aliphatic heterocycles. The smallest absolute Gasteiger partial charge is 0.324 e. The van der Waals surface area contributed by atoms with Gasteiger partial charge in [0, 0.05) is 12.1 Å². The Balaban J connectivity index is 2.07. The molecule has 0 amide bonds. The van der Waals surface area contributed by atoms with Gasteiger partial charge in [-0.05, 0) is 5.56 Å². The molecule has 0 atom stereocenters. The fourth-order valence-electron chi connectivity index (χ4n) is 1.36. The predicted octanol–water partition coefficient (Wildman–Crippen LogP) is 2.71. The van der Waals surface area contributed by atoms with Crippen molar-refractivity contribution in [3.63, 3.8) is 0 Å². The zero-order chi connectivity index (χ0) is 13.0. The maximum Gasteiger partial charge on any atom is 0.324 e. The van der Waals surface area contributed by atoms with Crippen LogP contribution in [0.4, 0.5) is 10.1 Å². The second-order valence-corrected chi connectivity index (χ2v) is 3.49. The average molecular weight is 248 g/mol. The van der Waals surface area contributed by atoms with Gasteiger partial charge in [0.2, 0.25) is 5.88 Å². The van der Waals surface area contributed by atoms with E-state index in [-0.39, 0.29) is 12.5 Å². The first kappa shape index (κ1) is 12.0. The molecular formula is C12H9FN2O3. The minimum absolute atomic E-state index is 0.0157. The van der Waals surface area contributed by atoms with Crippen LogP contribution in [-0.2, 0) is 6.61 Å². The molecule has 0 saturated carbocycles. The molecule has 0 N–H and O–H groups in total. The zero-order valence-corrected chi connectivity index (χ0v) is 9.25. The number of aromatic nitrogens is 1. The Labute approximate surface area is 102 Å². The molecule has 1 aromatic heterocycles. The maximum atomic E-state index is 13.2. The van der Waals surface area contributed by atoms with Crippen LogP contribution < -0.4 is 4.74 Å². The molecule has 1 aromatic carbocycles. The molecular weight excluding hydrogens is 239 g/mol. The predicted molar refractivity (Wildman–Crippen MR) is 61.6 cm³/mol. The quantitative estimate of drug-likeness (QED) is 0.474. The van der Waals surface area contributed by atoms with Gasteiger partial charge in [-0.3, -0.25) is 10.1 Å². The molecule has 0 bridgehead atoms. The van der Waals surface area contributed by atoms with Crippen LogP contribution in [0.5, 0.6) is 5.88 Å². The van der Waals surface area contributed by atoms with E-state index in [1.54, 1.807) is 0 Å². The van der Waals surface area contributed by atoms with E-state index in [0.29, 0.717) is 0 Å². The monoisotopic (exact) mass is 248 g/mol. The van der Waals surface area contributed by atoms with E-state index in [1.165, 1.54) is 6.07 Å². The first-order valence-electron chi connectivity index (χ1n) is 5.14. The fraction of sp³-hybridized carbons (Fsp3) is 0.0833. The lowest BCUT2D eigenvalue weighted by atomic mass is 10.2. The number of hydrogen-bond donors (Lipinski definition) is 0. The number of nitrogens with zero attached hydrogens (tertiary/aromatic N) is 2. The molecule has 2 rings (SSSR count). The van der Waals surface area contributed by atoms with E-state index in [2.05, 4.69) is 4.98 Å². The normalized spacial score (nSPS) is 10.1. The summed E-state index contributed by atoms with van der Waals surface area (Å²) >= 11 is 0. The van der Waals surface area contributed by atoms with Crippen molar-refractivity contribution >= 4 is 5.69 Å². The molecule has 6 heteroatoms. The summed E-state index contributed by atoms with van der Waals surface area (Å²) in [5.41, 5.74) is 0.236. The van der Waals surface area contributed by atoms with Crippen molar-refractivity contribution in [2.45, 2.75) is 6.61 Å². The largest absolute Gasteiger partial charge is 0.473 e. The third-order valence-corrected chi connectivity index (χ3v) is 2.23. The Morgan fingerprint density at radius 2 is 1.94 bits per heavy atom. The van der Waals surface area contributed by atoms with Gasteiger partial charge >= 0.3 is 5.69 Å². The lowest BCUT2D eigenvalue weighted by molar-refractivity contribution is -0.388. The van der Waals surface area contributed by atoms with E-state index in [1.807, 2.05) is 30.3 Å². The van der Waals surface area contributed by atoms with E-state index in [4.69, 9.17) is 4.74 Å². The third-order valence-electron chi connectivity index (χ3n) is 2.23. The molecule has 5 nitrogen and oxygen atoms in total. The van der Waals surface area contributed by atoms with E-state index >= 15 is 0 Å². The van der Waals surface area contributed by atoms with Crippen molar-refractivity contribution < 1.29 is 14.1 Å². The summed E-state index contributed by atoms with van der Waals surface area (Å²) in [7, 11) is 0. The number of ether oxygens (including phenoxy) is 1. The summed E-state index contributed by atoms with van der Waals surface area (Å²) in [6.45, 7) is 0.227. The SMILES string of the molecule is O=[N+]([O-])c1ccc(OCc2ccccc2)nc1F. The maximum absolute atomic E-state index is 13.2. The number of rotatable bonds is 4. The highest BCUT2D eigenvalue weighted by Gasteiger charge is 2.15. The minimum Gasteiger partial charge on any atom is -0.473 e. The van der Waals surface area contributed by atoms with Gasteiger partial charge in [0.1, 0.15) is 6.61 Å². The van der Waals surface area contributed by atoms with Crippen molar-refractivity contribution in [3.05, 3.63) is 64.1 Å². The van der Waals surface area contributed by atoms with Gasteiger partial charge < -0.3 is 4.74 Å². The Hall–Kier alpha value is -2.50. The first-order chi connectivity index (χ1) is 8.66. The van der Waals surface area contributed by atoms with Crippen molar-refractivity contribution in [2.24, 2.45) is 0 Å². The Morgan fingerprint density at radius 1 is 1.22 bits per heavy atom. The molecule has 2 aromatic rings. The number of hydrogen-bond acceptors (Lipinski definition) is 4. The lowest BCUT2D eigenvalue weighted by Gasteiger charge is -2.04. The van der Waals surface area contributed by atoms with Crippen molar-refractivity contribution in [2.75, 3.05) is 0 Å². The minimum atomic E-state index is -1.15. The van der Waals surface area contributed by atoms with Crippen molar-refractivity contribution in [1.82, 2.24) is 4.98 Å². The van der Waals surface area contributed by atoms with Crippen molar-refractivity contribution in [3.8, 4) is 5.88 Å². The highest BCUT2D eigenvalue weighted by Crippen LogP contribution is 2.19. The molecule has 0 fully saturated rings. The van der Waals surface area contributed by atoms with Gasteiger partial charge in [0.05, 0.1) is 4.92 Å². The van der Waals surface area contributed by atoms with Crippen LogP contribution in [0.2, 0.25) is 0 Å². The summed E-state index contributed by atoms with van der Waals surface area (Å²) in [4.78, 5) is 12.9. The molecule has 0 unspecified atom stereocenters. The Morgan fingerprint density at radius 3 is 2.56 bits per heavy atom. The van der Waals surface area contributed by atoms with Gasteiger partial charge in [0.15, 0.2) is 0 Å². The second-order valence-electron chi connectivity index (χ2n) is 3.49. The molecule has 0 spiro atoms. The van der Waals surface area contributed by atoms with Crippen LogP contribution in [0.1, 0.15) is 5.56 Å². The fourth-order valence-corrected chi connectivity index (χ4v) is 1.36. The van der Waals surface area contributed by atoms with Crippen LogP contribution in [0, 0.1) is 16.1 Å². The van der Waals surface area contributed by atoms with Crippen LogP contribution in [0.15, 0.2) is 42.5 Å². The Bertz CT molecular complexity index is 561. The highest BCUT2D eigenvalue weighted by atomic mass is 19.1. The van der Waals surface area contributed by atoms with E-state index in [0.717, 1.165) is 11.6 Å². The summed E-state index contributed by atoms with van der Waals surface area (Å²) in [6.07, 6.45) is 0. The highest BCUT2D eigenvalue weighted by molar-refractivity contribution is 5.30. The number of benzene rings is 1. The van der Waals surface area contributed by atoms with Crippen LogP contribution in [-0.4, -0.2) is 9.91 Å². The molecule has 0 aliphatic rings. The molecule has 92 valence electrons. The average Bonchev–Trinajstić information content (AvgIpc) is 2.37. The van der Waals surface area contributed by atoms with Gasteiger partial charge in [0.25, 0.3) is 5.95 Å². The summed E-state index contributed by atoms with van der Waals surface area (Å²) < 4.78 is 18.4. The number of nitro groups is 1. The van der Waals surface area contributed by atoms with Crippen LogP contribution >= 0.6 is 0 Å². The van der Waals surface area contributed by atoms with E-state index in [9.17, 15) is 14.5 Å². The standard InChI is InChI=1S/C12H9FN2O3/c13-12-10(15(16)17)6-7-11(14-12)18-8-9-4-2-1-3-5-9/h1-7H,8H2. The van der Waals surface area contributed by atoms with Gasteiger partial charge in [-0.1, -0.05) is 30.3 Å². The van der Waals surface area contributed by atoms with Crippen molar-refractivity contribution in [1.29, 1.82) is 0 Å². The summed E-state index contributed by atoms with van der Waals surface area (Å²) in [6, 6.07) is 11.6. The molecule has 18 heavy (non-hydrogen) atoms. The zero-order valence-electron chi connectivity index (χ0n) is 9.25. The molecule has 0 radical (unpaired) electrons. The topological polar surface area (TPSA) is 65.3 Å². The van der Waals surface area contributed by atoms with Crippen LogP contribution in [0.3, 0.4) is 0 Å². The first-order valence-corrected chi connectivity index (χ1v) is 5.14. The molecule has 0 saturated heterocycles. The third kappa shape index (κ3) is 2.79. The number of halogens is 1. The van der Waals surface area contributed by atoms with Crippen LogP contribution in [0.25, 0.3) is 0 Å². The molecule has 0 aliphatic carbocycles. The Kier molecular flexibility index (Phi) is 3.47. The lowest BCUT2D eigenvalue weighted by Crippen LogP contribution is -2.00. The summed E-state index contributed by atoms with van der Waals surface area (Å²) in [5.74, 6) is -1.13. The van der Waals surface area contributed by atoms with E-state index < -0.39 is 16.6 Å². The van der Waals surface area contributed by atoms with Gasteiger partial charge in [-0.25, -0.2) is 0 Å². The molecule has 1 heterocycles. The van der Waals surface area contributed by atoms with Gasteiger partial charge in [-0.15, -0.1) is 0 Å².